The molecule has 3 unspecified atom stereocenters. The number of carbonyl (C=O) groups is 1. The van der Waals surface area contributed by atoms with Gasteiger partial charge in [0.15, 0.2) is 0 Å². The van der Waals surface area contributed by atoms with Crippen LogP contribution in [0.25, 0.3) is 0 Å². The first-order valence-corrected chi connectivity index (χ1v) is 6.62. The molecule has 2 saturated heterocycles. The number of ether oxygens (including phenoxy) is 3. The Bertz CT molecular complexity index is 322. The fraction of sp³-hybridized carbons (Fsp3) is 0.923. The molecular weight excluding hydrogens is 220 g/mol. The minimum absolute atomic E-state index is 0. The van der Waals surface area contributed by atoms with Crippen LogP contribution in [0.3, 0.4) is 0 Å². The largest absolute Gasteiger partial charge is 0.469 e. The lowest BCUT2D eigenvalue weighted by molar-refractivity contribution is -0.175. The minimum atomic E-state index is -0.170. The molecule has 0 N–H and O–H groups in total. The van der Waals surface area contributed by atoms with Crippen molar-refractivity contribution in [3.63, 3.8) is 0 Å². The number of hydrogen-bond acceptors (Lipinski definition) is 4. The molecule has 0 aromatic carbocycles. The van der Waals surface area contributed by atoms with E-state index in [9.17, 15) is 4.79 Å². The zero-order valence-corrected chi connectivity index (χ0v) is 10.3. The van der Waals surface area contributed by atoms with E-state index >= 15 is 0 Å². The maximum atomic E-state index is 11.3. The highest BCUT2D eigenvalue weighted by atomic mass is 16.6. The highest BCUT2D eigenvalue weighted by Gasteiger charge is 2.54. The lowest BCUT2D eigenvalue weighted by atomic mass is 9.78. The molecule has 4 heteroatoms. The van der Waals surface area contributed by atoms with Crippen molar-refractivity contribution in [3.8, 4) is 0 Å². The first kappa shape index (κ1) is 11.5. The molecule has 2 bridgehead atoms. The fourth-order valence-electron chi connectivity index (χ4n) is 3.64. The van der Waals surface area contributed by atoms with Crippen molar-refractivity contribution >= 4 is 5.97 Å². The average Bonchev–Trinajstić information content (AvgIpc) is 2.58. The van der Waals surface area contributed by atoms with Gasteiger partial charge < -0.3 is 14.2 Å². The molecule has 98 valence electrons. The zero-order chi connectivity index (χ0) is 11.9. The Hall–Kier alpha value is -0.610. The van der Waals surface area contributed by atoms with Gasteiger partial charge in [0.05, 0.1) is 37.4 Å². The molecule has 3 rings (SSSR count). The molecule has 0 aromatic rings. The second-order valence-corrected chi connectivity index (χ2v) is 5.51. The van der Waals surface area contributed by atoms with Crippen LogP contribution in [0.4, 0.5) is 0 Å². The molecule has 0 amide bonds. The molecular formula is C13H22O4. The SMILES string of the molecule is COC(=O)CC1CC[C@@H]2OC3CCCC2(C3)O1.[HH]. The van der Waals surface area contributed by atoms with E-state index in [1.54, 1.807) is 0 Å². The van der Waals surface area contributed by atoms with Crippen LogP contribution in [-0.2, 0) is 19.0 Å². The predicted molar refractivity (Wildman–Crippen MR) is 62.7 cm³/mol. The van der Waals surface area contributed by atoms with Crippen LogP contribution in [-0.4, -0.2) is 37.0 Å². The van der Waals surface area contributed by atoms with Gasteiger partial charge in [-0.3, -0.25) is 4.79 Å². The molecule has 4 nitrogen and oxygen atoms in total. The number of methoxy groups -OCH3 is 1. The van der Waals surface area contributed by atoms with Crippen LogP contribution in [0, 0.1) is 0 Å². The Morgan fingerprint density at radius 1 is 1.47 bits per heavy atom. The molecule has 2 heterocycles. The molecule has 0 radical (unpaired) electrons. The molecule has 1 saturated carbocycles. The summed E-state index contributed by atoms with van der Waals surface area (Å²) >= 11 is 0. The molecule has 0 aromatic heterocycles. The van der Waals surface area contributed by atoms with Crippen molar-refractivity contribution in [1.29, 1.82) is 0 Å². The molecule has 3 aliphatic rings. The van der Waals surface area contributed by atoms with E-state index in [-0.39, 0.29) is 25.2 Å². The van der Waals surface area contributed by atoms with E-state index in [1.165, 1.54) is 20.0 Å². The summed E-state index contributed by atoms with van der Waals surface area (Å²) in [7, 11) is 1.43. The highest BCUT2D eigenvalue weighted by molar-refractivity contribution is 5.69. The standard InChI is InChI=1S/C13H20O4.H2/c1-15-12(14)7-9-4-5-11-13(17-9)6-2-3-10(8-13)16-11;/h9-11H,2-8H2,1H3;1H/t9?,10?,11-,13?;/m0./s1. The number of carbonyl (C=O) groups excluding carboxylic acids is 1. The summed E-state index contributed by atoms with van der Waals surface area (Å²) in [4.78, 5) is 11.3. The van der Waals surface area contributed by atoms with E-state index in [0.717, 1.165) is 25.7 Å². The Morgan fingerprint density at radius 2 is 2.35 bits per heavy atom. The maximum absolute atomic E-state index is 11.3. The van der Waals surface area contributed by atoms with Crippen LogP contribution in [0.15, 0.2) is 0 Å². The van der Waals surface area contributed by atoms with E-state index in [1.807, 2.05) is 0 Å². The third-order valence-electron chi connectivity index (χ3n) is 4.42. The summed E-state index contributed by atoms with van der Waals surface area (Å²) in [6, 6.07) is 0. The smallest absolute Gasteiger partial charge is 0.308 e. The Balaban J connectivity index is 0.00000120. The monoisotopic (exact) mass is 242 g/mol. The van der Waals surface area contributed by atoms with Crippen LogP contribution < -0.4 is 0 Å². The van der Waals surface area contributed by atoms with Crippen molar-refractivity contribution < 1.29 is 20.4 Å². The normalized spacial score (nSPS) is 44.2. The van der Waals surface area contributed by atoms with Gasteiger partial charge >= 0.3 is 5.97 Å². The molecule has 1 aliphatic carbocycles. The van der Waals surface area contributed by atoms with Crippen LogP contribution in [0.2, 0.25) is 0 Å². The van der Waals surface area contributed by atoms with E-state index in [4.69, 9.17) is 14.2 Å². The van der Waals surface area contributed by atoms with E-state index in [2.05, 4.69) is 0 Å². The third-order valence-corrected chi connectivity index (χ3v) is 4.42. The Labute approximate surface area is 103 Å². The predicted octanol–water partition coefficient (Wildman–Crippen LogP) is 2.05. The lowest BCUT2D eigenvalue weighted by Crippen LogP contribution is -2.49. The van der Waals surface area contributed by atoms with Crippen molar-refractivity contribution in [1.82, 2.24) is 0 Å². The van der Waals surface area contributed by atoms with Gasteiger partial charge in [-0.05, 0) is 32.1 Å². The number of rotatable bonds is 2. The van der Waals surface area contributed by atoms with Gasteiger partial charge in [0, 0.05) is 7.85 Å². The quantitative estimate of drug-likeness (QED) is 0.695. The van der Waals surface area contributed by atoms with Crippen LogP contribution in [0.1, 0.15) is 46.4 Å². The van der Waals surface area contributed by atoms with Gasteiger partial charge in [-0.25, -0.2) is 0 Å². The average molecular weight is 242 g/mol. The third kappa shape index (κ3) is 1.97. The summed E-state index contributed by atoms with van der Waals surface area (Å²) in [5, 5.41) is 0. The van der Waals surface area contributed by atoms with Crippen molar-refractivity contribution in [2.24, 2.45) is 0 Å². The number of hydrogen-bond donors (Lipinski definition) is 0. The molecule has 1 spiro atoms. The highest BCUT2D eigenvalue weighted by Crippen LogP contribution is 2.49. The van der Waals surface area contributed by atoms with Gasteiger partial charge in [-0.1, -0.05) is 0 Å². The summed E-state index contributed by atoms with van der Waals surface area (Å²) in [5.41, 5.74) is -0.0835. The van der Waals surface area contributed by atoms with Crippen molar-refractivity contribution in [3.05, 3.63) is 0 Å². The van der Waals surface area contributed by atoms with Crippen LogP contribution in [0.5, 0.6) is 0 Å². The second-order valence-electron chi connectivity index (χ2n) is 5.51. The van der Waals surface area contributed by atoms with Gasteiger partial charge in [0.1, 0.15) is 0 Å². The molecule has 17 heavy (non-hydrogen) atoms. The fourth-order valence-corrected chi connectivity index (χ4v) is 3.64. The summed E-state index contributed by atoms with van der Waals surface area (Å²) in [6.45, 7) is 0. The zero-order valence-electron chi connectivity index (χ0n) is 10.3. The molecule has 3 fully saturated rings. The van der Waals surface area contributed by atoms with E-state index < -0.39 is 0 Å². The number of esters is 1. The Kier molecular flexibility index (Phi) is 2.87. The Morgan fingerprint density at radius 3 is 3.18 bits per heavy atom. The summed E-state index contributed by atoms with van der Waals surface area (Å²) in [5.74, 6) is -0.170. The van der Waals surface area contributed by atoms with Gasteiger partial charge in [-0.2, -0.15) is 0 Å². The van der Waals surface area contributed by atoms with Gasteiger partial charge in [-0.15, -0.1) is 0 Å². The van der Waals surface area contributed by atoms with Gasteiger partial charge in [0.25, 0.3) is 0 Å². The first-order chi connectivity index (χ1) is 8.22. The summed E-state index contributed by atoms with van der Waals surface area (Å²) in [6.07, 6.45) is 7.48. The number of fused-ring (bicyclic) bond motifs is 1. The first-order valence-electron chi connectivity index (χ1n) is 6.62. The van der Waals surface area contributed by atoms with Crippen LogP contribution >= 0.6 is 0 Å². The molecule has 2 aliphatic heterocycles. The van der Waals surface area contributed by atoms with Crippen molar-refractivity contribution in [2.45, 2.75) is 68.9 Å². The lowest BCUT2D eigenvalue weighted by Gasteiger charge is -2.42. The topological polar surface area (TPSA) is 44.8 Å². The van der Waals surface area contributed by atoms with E-state index in [0.29, 0.717) is 12.5 Å². The minimum Gasteiger partial charge on any atom is -0.469 e. The maximum Gasteiger partial charge on any atom is 0.308 e. The second kappa shape index (κ2) is 4.25. The van der Waals surface area contributed by atoms with Crippen molar-refractivity contribution in [2.75, 3.05) is 7.11 Å². The van der Waals surface area contributed by atoms with Gasteiger partial charge in [0.2, 0.25) is 0 Å². The summed E-state index contributed by atoms with van der Waals surface area (Å²) < 4.78 is 16.9. The molecule has 4 atom stereocenters.